The molecule has 3 aromatic rings. The minimum Gasteiger partial charge on any atom is -0.272 e. The lowest BCUT2D eigenvalue weighted by atomic mass is 10.1. The van der Waals surface area contributed by atoms with Gasteiger partial charge in [0.2, 0.25) is 0 Å². The van der Waals surface area contributed by atoms with Crippen LogP contribution >= 0.6 is 0 Å². The topological polar surface area (TPSA) is 50.7 Å². The molecule has 4 heteroatoms. The van der Waals surface area contributed by atoms with E-state index in [0.29, 0.717) is 0 Å². The molecular formula is C18H19N3O. The van der Waals surface area contributed by atoms with Crippen LogP contribution in [-0.4, -0.2) is 14.8 Å². The van der Waals surface area contributed by atoms with Gasteiger partial charge in [0.05, 0.1) is 6.04 Å². The molecule has 0 radical (unpaired) electrons. The van der Waals surface area contributed by atoms with E-state index in [-0.39, 0.29) is 11.7 Å². The molecule has 1 atom stereocenters. The summed E-state index contributed by atoms with van der Waals surface area (Å²) in [6.07, 6.45) is 1.60. The van der Waals surface area contributed by atoms with Crippen LogP contribution in [0.1, 0.15) is 29.9 Å². The molecule has 0 spiro atoms. The molecule has 2 aromatic carbocycles. The van der Waals surface area contributed by atoms with Crippen molar-refractivity contribution in [2.75, 3.05) is 0 Å². The number of aromatic amines is 1. The SMILES string of the molecule is C[C@H](c1ccccc1)n1c(CCc2ccccc2)n[nH]c1=O. The van der Waals surface area contributed by atoms with Crippen LogP contribution in [0.25, 0.3) is 0 Å². The Labute approximate surface area is 129 Å². The first-order valence-corrected chi connectivity index (χ1v) is 7.50. The second kappa shape index (κ2) is 6.43. The Balaban J connectivity index is 1.83. The third-order valence-electron chi connectivity index (χ3n) is 3.93. The van der Waals surface area contributed by atoms with Gasteiger partial charge >= 0.3 is 5.69 Å². The van der Waals surface area contributed by atoms with Crippen LogP contribution in [0.2, 0.25) is 0 Å². The predicted molar refractivity (Wildman–Crippen MR) is 87.0 cm³/mol. The number of hydrogen-bond acceptors (Lipinski definition) is 2. The van der Waals surface area contributed by atoms with Gasteiger partial charge in [-0.15, -0.1) is 0 Å². The van der Waals surface area contributed by atoms with Crippen molar-refractivity contribution in [2.45, 2.75) is 25.8 Å². The molecule has 0 aliphatic rings. The zero-order valence-electron chi connectivity index (χ0n) is 12.6. The highest BCUT2D eigenvalue weighted by molar-refractivity contribution is 5.20. The first-order chi connectivity index (χ1) is 10.8. The highest BCUT2D eigenvalue weighted by Crippen LogP contribution is 2.17. The lowest BCUT2D eigenvalue weighted by Gasteiger charge is -2.15. The minimum atomic E-state index is -0.153. The lowest BCUT2D eigenvalue weighted by Crippen LogP contribution is -2.23. The van der Waals surface area contributed by atoms with Crippen molar-refractivity contribution in [3.63, 3.8) is 0 Å². The molecule has 112 valence electrons. The first kappa shape index (κ1) is 14.3. The highest BCUT2D eigenvalue weighted by atomic mass is 16.1. The quantitative estimate of drug-likeness (QED) is 0.786. The first-order valence-electron chi connectivity index (χ1n) is 7.50. The Morgan fingerprint density at radius 3 is 2.32 bits per heavy atom. The monoisotopic (exact) mass is 293 g/mol. The van der Waals surface area contributed by atoms with Crippen LogP contribution in [0.5, 0.6) is 0 Å². The summed E-state index contributed by atoms with van der Waals surface area (Å²) in [5.74, 6) is 0.796. The largest absolute Gasteiger partial charge is 0.343 e. The summed E-state index contributed by atoms with van der Waals surface area (Å²) in [7, 11) is 0. The summed E-state index contributed by atoms with van der Waals surface area (Å²) < 4.78 is 1.75. The minimum absolute atomic E-state index is 0.0294. The van der Waals surface area contributed by atoms with E-state index in [9.17, 15) is 4.79 Å². The molecule has 0 bridgehead atoms. The Kier molecular flexibility index (Phi) is 4.19. The zero-order valence-corrected chi connectivity index (χ0v) is 12.6. The molecule has 1 heterocycles. The Bertz CT molecular complexity index is 775. The van der Waals surface area contributed by atoms with Crippen LogP contribution in [0, 0.1) is 0 Å². The second-order valence-electron chi connectivity index (χ2n) is 5.39. The van der Waals surface area contributed by atoms with Gasteiger partial charge in [0.15, 0.2) is 0 Å². The van der Waals surface area contributed by atoms with E-state index < -0.39 is 0 Å². The molecule has 4 nitrogen and oxygen atoms in total. The molecule has 0 unspecified atom stereocenters. The number of hydrogen-bond donors (Lipinski definition) is 1. The second-order valence-corrected chi connectivity index (χ2v) is 5.39. The third-order valence-corrected chi connectivity index (χ3v) is 3.93. The van der Waals surface area contributed by atoms with Crippen LogP contribution < -0.4 is 5.69 Å². The third kappa shape index (κ3) is 3.01. The van der Waals surface area contributed by atoms with Gasteiger partial charge in [-0.25, -0.2) is 9.89 Å². The Hall–Kier alpha value is -2.62. The number of nitrogens with zero attached hydrogens (tertiary/aromatic N) is 2. The molecule has 0 fully saturated rings. The van der Waals surface area contributed by atoms with Crippen molar-refractivity contribution in [1.29, 1.82) is 0 Å². The van der Waals surface area contributed by atoms with Gasteiger partial charge in [0, 0.05) is 6.42 Å². The van der Waals surface area contributed by atoms with Crippen molar-refractivity contribution >= 4 is 0 Å². The average Bonchev–Trinajstić information content (AvgIpc) is 2.95. The summed E-state index contributed by atoms with van der Waals surface area (Å²) >= 11 is 0. The van der Waals surface area contributed by atoms with E-state index in [2.05, 4.69) is 22.3 Å². The molecule has 0 aliphatic heterocycles. The lowest BCUT2D eigenvalue weighted by molar-refractivity contribution is 0.581. The number of benzene rings is 2. The maximum Gasteiger partial charge on any atom is 0.343 e. The average molecular weight is 293 g/mol. The molecular weight excluding hydrogens is 274 g/mol. The highest BCUT2D eigenvalue weighted by Gasteiger charge is 2.15. The fraction of sp³-hybridized carbons (Fsp3) is 0.222. The summed E-state index contributed by atoms with van der Waals surface area (Å²) in [6, 6.07) is 20.2. The van der Waals surface area contributed by atoms with Crippen molar-refractivity contribution in [1.82, 2.24) is 14.8 Å². The molecule has 0 aliphatic carbocycles. The fourth-order valence-electron chi connectivity index (χ4n) is 2.69. The van der Waals surface area contributed by atoms with Gasteiger partial charge in [0.25, 0.3) is 0 Å². The summed E-state index contributed by atoms with van der Waals surface area (Å²) in [6.45, 7) is 2.03. The maximum atomic E-state index is 12.1. The van der Waals surface area contributed by atoms with E-state index in [1.165, 1.54) is 5.56 Å². The maximum absolute atomic E-state index is 12.1. The van der Waals surface area contributed by atoms with Crippen LogP contribution in [0.3, 0.4) is 0 Å². The van der Waals surface area contributed by atoms with E-state index in [4.69, 9.17) is 0 Å². The fourth-order valence-corrected chi connectivity index (χ4v) is 2.69. The molecule has 0 amide bonds. The van der Waals surface area contributed by atoms with Crippen molar-refractivity contribution < 1.29 is 0 Å². The Morgan fingerprint density at radius 2 is 1.64 bits per heavy atom. The standard InChI is InChI=1S/C18H19N3O/c1-14(16-10-6-3-7-11-16)21-17(19-20-18(21)22)13-12-15-8-4-2-5-9-15/h2-11,14H,12-13H2,1H3,(H,20,22)/t14-/m1/s1. The number of nitrogens with one attached hydrogen (secondary N) is 1. The van der Waals surface area contributed by atoms with Crippen molar-refractivity contribution in [2.24, 2.45) is 0 Å². The van der Waals surface area contributed by atoms with E-state index in [1.54, 1.807) is 4.57 Å². The molecule has 0 saturated heterocycles. The Morgan fingerprint density at radius 1 is 1.00 bits per heavy atom. The van der Waals surface area contributed by atoms with Gasteiger partial charge in [-0.05, 0) is 24.5 Å². The number of H-pyrrole nitrogens is 1. The van der Waals surface area contributed by atoms with Crippen LogP contribution in [0.4, 0.5) is 0 Å². The molecule has 3 rings (SSSR count). The molecule has 22 heavy (non-hydrogen) atoms. The number of rotatable bonds is 5. The smallest absolute Gasteiger partial charge is 0.272 e. The van der Waals surface area contributed by atoms with Crippen LogP contribution in [0.15, 0.2) is 65.5 Å². The summed E-state index contributed by atoms with van der Waals surface area (Å²) in [5.41, 5.74) is 2.20. The van der Waals surface area contributed by atoms with E-state index >= 15 is 0 Å². The normalized spacial score (nSPS) is 12.2. The molecule has 0 saturated carbocycles. The van der Waals surface area contributed by atoms with E-state index in [0.717, 1.165) is 24.2 Å². The summed E-state index contributed by atoms with van der Waals surface area (Å²) in [5, 5.41) is 6.78. The zero-order chi connectivity index (χ0) is 15.4. The molecule has 1 N–H and O–H groups in total. The van der Waals surface area contributed by atoms with Gasteiger partial charge in [-0.2, -0.15) is 5.10 Å². The van der Waals surface area contributed by atoms with E-state index in [1.807, 2.05) is 55.5 Å². The van der Waals surface area contributed by atoms with Gasteiger partial charge in [-0.3, -0.25) is 4.57 Å². The van der Waals surface area contributed by atoms with Crippen molar-refractivity contribution in [3.05, 3.63) is 88.1 Å². The predicted octanol–water partition coefficient (Wildman–Crippen LogP) is 2.97. The van der Waals surface area contributed by atoms with Crippen LogP contribution in [-0.2, 0) is 12.8 Å². The van der Waals surface area contributed by atoms with Gasteiger partial charge in [-0.1, -0.05) is 60.7 Å². The van der Waals surface area contributed by atoms with Gasteiger partial charge < -0.3 is 0 Å². The summed E-state index contributed by atoms with van der Waals surface area (Å²) in [4.78, 5) is 12.1. The number of aromatic nitrogens is 3. The van der Waals surface area contributed by atoms with Crippen molar-refractivity contribution in [3.8, 4) is 0 Å². The van der Waals surface area contributed by atoms with Gasteiger partial charge in [0.1, 0.15) is 5.82 Å². The number of aryl methyl sites for hydroxylation is 2. The molecule has 1 aromatic heterocycles.